The number of nitrogens with one attached hydrogen (secondary N) is 2. The highest BCUT2D eigenvalue weighted by Gasteiger charge is 2.22. The number of anilines is 1. The molecule has 1 aromatic carbocycles. The molecule has 0 saturated heterocycles. The molecule has 2 rings (SSSR count). The van der Waals surface area contributed by atoms with Crippen LogP contribution in [0.15, 0.2) is 35.4 Å². The Labute approximate surface area is 121 Å². The molecule has 0 bridgehead atoms. The van der Waals surface area contributed by atoms with Crippen LogP contribution >= 0.6 is 0 Å². The minimum absolute atomic E-state index is 0.0653. The van der Waals surface area contributed by atoms with Gasteiger partial charge in [0.25, 0.3) is 5.91 Å². The van der Waals surface area contributed by atoms with E-state index in [4.69, 9.17) is 4.74 Å². The summed E-state index contributed by atoms with van der Waals surface area (Å²) in [6.07, 6.45) is 0.902. The number of nitrogens with zero attached hydrogens (tertiary/aromatic N) is 2. The first-order valence-corrected chi connectivity index (χ1v) is 5.88. The number of benzene rings is 1. The fourth-order valence-electron chi connectivity index (χ4n) is 1.53. The van der Waals surface area contributed by atoms with Gasteiger partial charge in [0.05, 0.1) is 16.9 Å². The molecule has 0 aliphatic rings. The molecule has 0 atom stereocenters. The standard InChI is InChI=1S/C12H9FN4O5/c13-7-3-1-2-4-8(7)16-9(18)5-22-12-10(17(20)21)11(19)14-6-15-12/h1-4,6H,5H2,(H,16,18)(H,14,15,19). The van der Waals surface area contributed by atoms with Gasteiger partial charge in [0, 0.05) is 0 Å². The van der Waals surface area contributed by atoms with E-state index < -0.39 is 40.4 Å². The van der Waals surface area contributed by atoms with Crippen molar-refractivity contribution in [3.05, 3.63) is 56.9 Å². The van der Waals surface area contributed by atoms with Crippen molar-refractivity contribution in [1.82, 2.24) is 9.97 Å². The quantitative estimate of drug-likeness (QED) is 0.622. The van der Waals surface area contributed by atoms with Crippen molar-refractivity contribution in [3.8, 4) is 5.88 Å². The summed E-state index contributed by atoms with van der Waals surface area (Å²) in [5, 5.41) is 13.0. The van der Waals surface area contributed by atoms with E-state index in [2.05, 4.69) is 10.3 Å². The number of aromatic amines is 1. The second-order valence-electron chi connectivity index (χ2n) is 3.96. The van der Waals surface area contributed by atoms with Crippen molar-refractivity contribution in [2.45, 2.75) is 0 Å². The lowest BCUT2D eigenvalue weighted by Crippen LogP contribution is -2.22. The van der Waals surface area contributed by atoms with Crippen molar-refractivity contribution >= 4 is 17.3 Å². The smallest absolute Gasteiger partial charge is 0.395 e. The van der Waals surface area contributed by atoms with E-state index in [-0.39, 0.29) is 5.69 Å². The highest BCUT2D eigenvalue weighted by Crippen LogP contribution is 2.18. The number of amides is 1. The van der Waals surface area contributed by atoms with Gasteiger partial charge in [-0.05, 0) is 12.1 Å². The number of H-pyrrole nitrogens is 1. The summed E-state index contributed by atoms with van der Waals surface area (Å²) in [7, 11) is 0. The minimum Gasteiger partial charge on any atom is -0.462 e. The Balaban J connectivity index is 2.06. The zero-order valence-corrected chi connectivity index (χ0v) is 10.9. The number of para-hydroxylation sites is 1. The predicted octanol–water partition coefficient (Wildman–Crippen LogP) is 0.835. The molecule has 0 aliphatic heterocycles. The fourth-order valence-corrected chi connectivity index (χ4v) is 1.53. The highest BCUT2D eigenvalue weighted by molar-refractivity contribution is 5.91. The first kappa shape index (κ1) is 15.1. The molecule has 0 unspecified atom stereocenters. The van der Waals surface area contributed by atoms with Crippen LogP contribution in [0.2, 0.25) is 0 Å². The average Bonchev–Trinajstić information content (AvgIpc) is 2.47. The minimum atomic E-state index is -1.01. The molecule has 0 saturated carbocycles. The molecule has 0 fully saturated rings. The summed E-state index contributed by atoms with van der Waals surface area (Å²) in [6.45, 7) is -0.675. The maximum Gasteiger partial charge on any atom is 0.395 e. The second-order valence-corrected chi connectivity index (χ2v) is 3.96. The van der Waals surface area contributed by atoms with Crippen LogP contribution in [-0.2, 0) is 4.79 Å². The summed E-state index contributed by atoms with van der Waals surface area (Å²) in [4.78, 5) is 38.2. The first-order chi connectivity index (χ1) is 10.5. The first-order valence-electron chi connectivity index (χ1n) is 5.88. The highest BCUT2D eigenvalue weighted by atomic mass is 19.1. The topological polar surface area (TPSA) is 127 Å². The van der Waals surface area contributed by atoms with E-state index in [9.17, 15) is 24.1 Å². The molecule has 1 amide bonds. The molecule has 0 radical (unpaired) electrons. The van der Waals surface area contributed by atoms with E-state index in [1.807, 2.05) is 4.98 Å². The number of rotatable bonds is 5. The number of ether oxygens (including phenoxy) is 1. The van der Waals surface area contributed by atoms with Gasteiger partial charge in [0.2, 0.25) is 0 Å². The average molecular weight is 308 g/mol. The summed E-state index contributed by atoms with van der Waals surface area (Å²) in [5.41, 5.74) is -1.99. The number of hydrogen-bond acceptors (Lipinski definition) is 6. The van der Waals surface area contributed by atoms with Crippen LogP contribution in [-0.4, -0.2) is 27.4 Å². The zero-order chi connectivity index (χ0) is 16.1. The van der Waals surface area contributed by atoms with Gasteiger partial charge >= 0.3 is 17.1 Å². The van der Waals surface area contributed by atoms with E-state index in [1.54, 1.807) is 0 Å². The van der Waals surface area contributed by atoms with Crippen molar-refractivity contribution < 1.29 is 18.8 Å². The number of carbonyl (C=O) groups is 1. The Morgan fingerprint density at radius 2 is 2.18 bits per heavy atom. The van der Waals surface area contributed by atoms with Gasteiger partial charge in [0.15, 0.2) is 6.61 Å². The normalized spacial score (nSPS) is 10.0. The van der Waals surface area contributed by atoms with Crippen LogP contribution in [0.1, 0.15) is 0 Å². The van der Waals surface area contributed by atoms with Crippen molar-refractivity contribution in [1.29, 1.82) is 0 Å². The molecular weight excluding hydrogens is 299 g/mol. The van der Waals surface area contributed by atoms with Gasteiger partial charge in [-0.1, -0.05) is 12.1 Å². The number of hydrogen-bond donors (Lipinski definition) is 2. The molecular formula is C12H9FN4O5. The third-order valence-corrected chi connectivity index (χ3v) is 2.47. The van der Waals surface area contributed by atoms with E-state index >= 15 is 0 Å². The third kappa shape index (κ3) is 3.42. The van der Waals surface area contributed by atoms with Gasteiger partial charge in [-0.3, -0.25) is 19.7 Å². The molecule has 1 aromatic heterocycles. The van der Waals surface area contributed by atoms with Gasteiger partial charge in [-0.2, -0.15) is 4.98 Å². The van der Waals surface area contributed by atoms with Crippen LogP contribution in [0.3, 0.4) is 0 Å². The molecule has 2 aromatic rings. The van der Waals surface area contributed by atoms with Crippen LogP contribution in [0, 0.1) is 15.9 Å². The third-order valence-electron chi connectivity index (χ3n) is 2.47. The number of halogens is 1. The Hall–Kier alpha value is -3.30. The Bertz CT molecular complexity index is 776. The largest absolute Gasteiger partial charge is 0.462 e. The van der Waals surface area contributed by atoms with Gasteiger partial charge < -0.3 is 15.0 Å². The summed E-state index contributed by atoms with van der Waals surface area (Å²) in [6, 6.07) is 5.45. The number of aromatic nitrogens is 2. The monoisotopic (exact) mass is 308 g/mol. The van der Waals surface area contributed by atoms with Gasteiger partial charge in [-0.15, -0.1) is 0 Å². The molecule has 0 aliphatic carbocycles. The van der Waals surface area contributed by atoms with E-state index in [0.717, 1.165) is 12.4 Å². The summed E-state index contributed by atoms with van der Waals surface area (Å²) in [5.74, 6) is -2.00. The molecule has 114 valence electrons. The maximum absolute atomic E-state index is 13.3. The summed E-state index contributed by atoms with van der Waals surface area (Å²) >= 11 is 0. The molecule has 10 heteroatoms. The Morgan fingerprint density at radius 3 is 2.86 bits per heavy atom. The van der Waals surface area contributed by atoms with E-state index in [0.29, 0.717) is 0 Å². The van der Waals surface area contributed by atoms with Crippen molar-refractivity contribution in [2.24, 2.45) is 0 Å². The predicted molar refractivity (Wildman–Crippen MR) is 72.0 cm³/mol. The second kappa shape index (κ2) is 6.43. The molecule has 0 spiro atoms. The van der Waals surface area contributed by atoms with Crippen molar-refractivity contribution in [2.75, 3.05) is 11.9 Å². The maximum atomic E-state index is 13.3. The number of nitro groups is 1. The van der Waals surface area contributed by atoms with Crippen molar-refractivity contribution in [3.63, 3.8) is 0 Å². The number of carbonyl (C=O) groups excluding carboxylic acids is 1. The van der Waals surface area contributed by atoms with Crippen LogP contribution < -0.4 is 15.6 Å². The lowest BCUT2D eigenvalue weighted by molar-refractivity contribution is -0.387. The van der Waals surface area contributed by atoms with Gasteiger partial charge in [0.1, 0.15) is 5.82 Å². The summed E-state index contributed by atoms with van der Waals surface area (Å²) < 4.78 is 18.2. The fraction of sp³-hybridized carbons (Fsp3) is 0.0833. The Morgan fingerprint density at radius 1 is 1.45 bits per heavy atom. The zero-order valence-electron chi connectivity index (χ0n) is 10.9. The molecule has 9 nitrogen and oxygen atoms in total. The molecule has 1 heterocycles. The lowest BCUT2D eigenvalue weighted by atomic mass is 10.3. The SMILES string of the molecule is O=C(COc1nc[nH]c(=O)c1[N+](=O)[O-])Nc1ccccc1F. The van der Waals surface area contributed by atoms with Crippen LogP contribution in [0.4, 0.5) is 15.8 Å². The Kier molecular flexibility index (Phi) is 4.41. The van der Waals surface area contributed by atoms with Crippen LogP contribution in [0.25, 0.3) is 0 Å². The lowest BCUT2D eigenvalue weighted by Gasteiger charge is -2.07. The van der Waals surface area contributed by atoms with Crippen LogP contribution in [0.5, 0.6) is 5.88 Å². The molecule has 2 N–H and O–H groups in total. The van der Waals surface area contributed by atoms with Gasteiger partial charge in [-0.25, -0.2) is 4.39 Å². The molecule has 22 heavy (non-hydrogen) atoms. The van der Waals surface area contributed by atoms with E-state index in [1.165, 1.54) is 18.2 Å².